The highest BCUT2D eigenvalue weighted by Crippen LogP contribution is 2.25. The molecule has 0 spiro atoms. The molecule has 0 atom stereocenters. The van der Waals surface area contributed by atoms with Gasteiger partial charge >= 0.3 is 0 Å². The molecule has 18 heavy (non-hydrogen) atoms. The maximum Gasteiger partial charge on any atom is 0.227 e. The molecule has 0 unspecified atom stereocenters. The summed E-state index contributed by atoms with van der Waals surface area (Å²) >= 11 is 11.6. The van der Waals surface area contributed by atoms with E-state index in [0.717, 1.165) is 18.4 Å². The van der Waals surface area contributed by atoms with Crippen LogP contribution in [-0.2, 0) is 11.2 Å². The van der Waals surface area contributed by atoms with Crippen molar-refractivity contribution in [2.24, 2.45) is 0 Å². The van der Waals surface area contributed by atoms with Gasteiger partial charge < -0.3 is 4.90 Å². The van der Waals surface area contributed by atoms with E-state index in [0.29, 0.717) is 29.9 Å². The number of carbonyl (C=O) groups excluding carboxylic acids is 1. The summed E-state index contributed by atoms with van der Waals surface area (Å²) < 4.78 is 0. The first-order valence-corrected chi connectivity index (χ1v) is 7.22. The Balaban J connectivity index is 1.97. The molecule has 1 aliphatic rings. The van der Waals surface area contributed by atoms with Gasteiger partial charge in [-0.25, -0.2) is 0 Å². The molecule has 1 amide bonds. The quantitative estimate of drug-likeness (QED) is 0.759. The van der Waals surface area contributed by atoms with Crippen LogP contribution in [0.25, 0.3) is 0 Å². The standard InChI is InChI=1S/C14H17Cl2NO/c15-8-9-17(13-2-1-3-13)14(18)10-11-4-6-12(16)7-5-11/h4-7,13H,1-3,8-10H2. The molecule has 0 radical (unpaired) electrons. The van der Waals surface area contributed by atoms with E-state index in [1.807, 2.05) is 29.2 Å². The second-order valence-corrected chi connectivity index (χ2v) is 5.48. The Bertz CT molecular complexity index is 401. The Morgan fingerprint density at radius 2 is 1.94 bits per heavy atom. The van der Waals surface area contributed by atoms with Crippen molar-refractivity contribution in [2.45, 2.75) is 31.7 Å². The number of nitrogens with zero attached hydrogens (tertiary/aromatic N) is 1. The average molecular weight is 286 g/mol. The third-order valence-corrected chi connectivity index (χ3v) is 3.85. The largest absolute Gasteiger partial charge is 0.338 e. The predicted molar refractivity (Wildman–Crippen MR) is 75.2 cm³/mol. The van der Waals surface area contributed by atoms with Crippen LogP contribution in [0.2, 0.25) is 5.02 Å². The van der Waals surface area contributed by atoms with Crippen molar-refractivity contribution in [3.8, 4) is 0 Å². The minimum atomic E-state index is 0.169. The maximum absolute atomic E-state index is 12.3. The number of halogens is 2. The summed E-state index contributed by atoms with van der Waals surface area (Å²) in [7, 11) is 0. The molecule has 98 valence electrons. The van der Waals surface area contributed by atoms with E-state index in [4.69, 9.17) is 23.2 Å². The first kappa shape index (κ1) is 13.7. The molecule has 0 saturated heterocycles. The van der Waals surface area contributed by atoms with Gasteiger partial charge in [0.1, 0.15) is 0 Å². The summed E-state index contributed by atoms with van der Waals surface area (Å²) in [5.41, 5.74) is 1.00. The molecule has 1 aromatic carbocycles. The average Bonchev–Trinajstić information content (AvgIpc) is 2.29. The zero-order chi connectivity index (χ0) is 13.0. The Hall–Kier alpha value is -0.730. The summed E-state index contributed by atoms with van der Waals surface area (Å²) in [5.74, 6) is 0.672. The summed E-state index contributed by atoms with van der Waals surface area (Å²) in [4.78, 5) is 14.2. The molecule has 0 bridgehead atoms. The van der Waals surface area contributed by atoms with E-state index in [1.165, 1.54) is 6.42 Å². The number of amides is 1. The molecule has 1 fully saturated rings. The number of rotatable bonds is 5. The fourth-order valence-corrected chi connectivity index (χ4v) is 2.49. The van der Waals surface area contributed by atoms with E-state index >= 15 is 0 Å². The van der Waals surface area contributed by atoms with Crippen molar-refractivity contribution < 1.29 is 4.79 Å². The van der Waals surface area contributed by atoms with E-state index in [2.05, 4.69) is 0 Å². The molecule has 4 heteroatoms. The van der Waals surface area contributed by atoms with Crippen LogP contribution in [0, 0.1) is 0 Å². The highest BCUT2D eigenvalue weighted by atomic mass is 35.5. The van der Waals surface area contributed by atoms with Crippen molar-refractivity contribution in [3.05, 3.63) is 34.9 Å². The second kappa shape index (κ2) is 6.44. The monoisotopic (exact) mass is 285 g/mol. The van der Waals surface area contributed by atoms with Crippen LogP contribution in [0.15, 0.2) is 24.3 Å². The van der Waals surface area contributed by atoms with Gasteiger partial charge in [0.25, 0.3) is 0 Å². The minimum absolute atomic E-state index is 0.169. The van der Waals surface area contributed by atoms with E-state index in [9.17, 15) is 4.79 Å². The third kappa shape index (κ3) is 3.39. The molecular formula is C14H17Cl2NO. The summed E-state index contributed by atoms with van der Waals surface area (Å²) in [5, 5.41) is 0.697. The Morgan fingerprint density at radius 3 is 2.44 bits per heavy atom. The van der Waals surface area contributed by atoms with Crippen molar-refractivity contribution in [2.75, 3.05) is 12.4 Å². The molecule has 0 aliphatic heterocycles. The number of hydrogen-bond acceptors (Lipinski definition) is 1. The molecule has 0 aromatic heterocycles. The van der Waals surface area contributed by atoms with Crippen molar-refractivity contribution in [3.63, 3.8) is 0 Å². The molecular weight excluding hydrogens is 269 g/mol. The summed E-state index contributed by atoms with van der Waals surface area (Å²) in [6, 6.07) is 7.85. The Labute approximate surface area is 118 Å². The number of benzene rings is 1. The van der Waals surface area contributed by atoms with Crippen LogP contribution in [0.3, 0.4) is 0 Å². The highest BCUT2D eigenvalue weighted by molar-refractivity contribution is 6.30. The summed E-state index contributed by atoms with van der Waals surface area (Å²) in [6.07, 6.45) is 3.88. The normalized spacial score (nSPS) is 15.2. The minimum Gasteiger partial charge on any atom is -0.338 e. The zero-order valence-corrected chi connectivity index (χ0v) is 11.8. The van der Waals surface area contributed by atoms with Gasteiger partial charge in [-0.15, -0.1) is 11.6 Å². The van der Waals surface area contributed by atoms with E-state index < -0.39 is 0 Å². The lowest BCUT2D eigenvalue weighted by Crippen LogP contribution is -2.45. The molecule has 0 N–H and O–H groups in total. The fourth-order valence-electron chi connectivity index (χ4n) is 2.18. The van der Waals surface area contributed by atoms with Gasteiger partial charge in [-0.3, -0.25) is 4.79 Å². The fraction of sp³-hybridized carbons (Fsp3) is 0.500. The maximum atomic E-state index is 12.3. The molecule has 0 heterocycles. The molecule has 1 aromatic rings. The Kier molecular flexibility index (Phi) is 4.90. The third-order valence-electron chi connectivity index (χ3n) is 3.43. The van der Waals surface area contributed by atoms with Gasteiger partial charge in [0.05, 0.1) is 6.42 Å². The molecule has 1 aliphatic carbocycles. The van der Waals surface area contributed by atoms with Crippen molar-refractivity contribution in [1.82, 2.24) is 4.90 Å². The number of carbonyl (C=O) groups is 1. The van der Waals surface area contributed by atoms with Crippen LogP contribution in [-0.4, -0.2) is 29.3 Å². The lowest BCUT2D eigenvalue weighted by Gasteiger charge is -2.37. The van der Waals surface area contributed by atoms with Crippen molar-refractivity contribution in [1.29, 1.82) is 0 Å². The first-order chi connectivity index (χ1) is 8.70. The van der Waals surface area contributed by atoms with Gasteiger partial charge in [0, 0.05) is 23.5 Å². The lowest BCUT2D eigenvalue weighted by atomic mass is 9.91. The first-order valence-electron chi connectivity index (χ1n) is 6.30. The van der Waals surface area contributed by atoms with Crippen LogP contribution < -0.4 is 0 Å². The predicted octanol–water partition coefficient (Wildman–Crippen LogP) is 3.50. The number of alkyl halides is 1. The van der Waals surface area contributed by atoms with Crippen LogP contribution in [0.5, 0.6) is 0 Å². The van der Waals surface area contributed by atoms with Crippen molar-refractivity contribution >= 4 is 29.1 Å². The smallest absolute Gasteiger partial charge is 0.227 e. The molecule has 1 saturated carbocycles. The van der Waals surface area contributed by atoms with E-state index in [-0.39, 0.29) is 5.91 Å². The SMILES string of the molecule is O=C(Cc1ccc(Cl)cc1)N(CCCl)C1CCC1. The molecule has 2 nitrogen and oxygen atoms in total. The van der Waals surface area contributed by atoms with Crippen LogP contribution in [0.1, 0.15) is 24.8 Å². The number of hydrogen-bond donors (Lipinski definition) is 0. The van der Waals surface area contributed by atoms with Gasteiger partial charge in [0.15, 0.2) is 0 Å². The molecule has 2 rings (SSSR count). The summed E-state index contributed by atoms with van der Waals surface area (Å²) in [6.45, 7) is 0.651. The lowest BCUT2D eigenvalue weighted by molar-refractivity contribution is -0.134. The van der Waals surface area contributed by atoms with Crippen LogP contribution >= 0.6 is 23.2 Å². The van der Waals surface area contributed by atoms with Gasteiger partial charge in [-0.2, -0.15) is 0 Å². The van der Waals surface area contributed by atoms with Gasteiger partial charge in [0.2, 0.25) is 5.91 Å². The van der Waals surface area contributed by atoms with Gasteiger partial charge in [-0.1, -0.05) is 23.7 Å². The second-order valence-electron chi connectivity index (χ2n) is 4.66. The topological polar surface area (TPSA) is 20.3 Å². The van der Waals surface area contributed by atoms with Crippen LogP contribution in [0.4, 0.5) is 0 Å². The van der Waals surface area contributed by atoms with E-state index in [1.54, 1.807) is 0 Å². The zero-order valence-electron chi connectivity index (χ0n) is 10.2. The highest BCUT2D eigenvalue weighted by Gasteiger charge is 2.27. The Morgan fingerprint density at radius 1 is 1.28 bits per heavy atom. The van der Waals surface area contributed by atoms with Gasteiger partial charge in [-0.05, 0) is 37.0 Å².